The Labute approximate surface area is 93.3 Å². The van der Waals surface area contributed by atoms with E-state index in [4.69, 9.17) is 10.5 Å². The molecule has 0 aromatic carbocycles. The summed E-state index contributed by atoms with van der Waals surface area (Å²) >= 11 is 0. The summed E-state index contributed by atoms with van der Waals surface area (Å²) in [5.41, 5.74) is 3.63. The van der Waals surface area contributed by atoms with E-state index < -0.39 is 34.9 Å². The lowest BCUT2D eigenvalue weighted by molar-refractivity contribution is -0.161. The zero-order valence-electron chi connectivity index (χ0n) is 9.72. The number of nitrogens with two attached hydrogens (primary N) is 1. The first-order chi connectivity index (χ1) is 7.09. The predicted molar refractivity (Wildman–Crippen MR) is 53.9 cm³/mol. The average Bonchev–Trinajstić information content (AvgIpc) is 2.53. The third-order valence-corrected chi connectivity index (χ3v) is 3.42. The second kappa shape index (κ2) is 2.94. The van der Waals surface area contributed by atoms with Gasteiger partial charge in [0.2, 0.25) is 0 Å². The van der Waals surface area contributed by atoms with E-state index in [1.165, 1.54) is 0 Å². The van der Waals surface area contributed by atoms with Crippen molar-refractivity contribution in [2.75, 3.05) is 0 Å². The van der Waals surface area contributed by atoms with Crippen LogP contribution in [0, 0.1) is 11.8 Å². The molecule has 3 atom stereocenters. The first kappa shape index (κ1) is 11.8. The third kappa shape index (κ3) is 1.52. The first-order valence-electron chi connectivity index (χ1n) is 5.49. The van der Waals surface area contributed by atoms with Crippen LogP contribution in [0.4, 0.5) is 8.78 Å². The van der Waals surface area contributed by atoms with Gasteiger partial charge in [0.25, 0.3) is 5.92 Å². The molecule has 2 aliphatic rings. The monoisotopic (exact) mass is 233 g/mol. The van der Waals surface area contributed by atoms with Crippen molar-refractivity contribution in [2.45, 2.75) is 50.7 Å². The first-order valence-corrected chi connectivity index (χ1v) is 5.49. The van der Waals surface area contributed by atoms with Crippen molar-refractivity contribution in [3.05, 3.63) is 0 Å². The van der Waals surface area contributed by atoms with Crippen molar-refractivity contribution < 1.29 is 18.3 Å². The lowest BCUT2D eigenvalue weighted by Gasteiger charge is -2.25. The van der Waals surface area contributed by atoms with E-state index in [1.54, 1.807) is 20.8 Å². The quantitative estimate of drug-likeness (QED) is 0.701. The fourth-order valence-electron chi connectivity index (χ4n) is 2.68. The van der Waals surface area contributed by atoms with E-state index in [-0.39, 0.29) is 6.42 Å². The zero-order valence-corrected chi connectivity index (χ0v) is 9.72. The zero-order chi connectivity index (χ0) is 12.4. The lowest BCUT2D eigenvalue weighted by atomic mass is 10.0. The molecule has 2 N–H and O–H groups in total. The number of alkyl halides is 2. The Morgan fingerprint density at radius 3 is 2.38 bits per heavy atom. The van der Waals surface area contributed by atoms with Crippen LogP contribution in [0.5, 0.6) is 0 Å². The van der Waals surface area contributed by atoms with Gasteiger partial charge in [-0.25, -0.2) is 8.78 Å². The smallest absolute Gasteiger partial charge is 0.327 e. The van der Waals surface area contributed by atoms with Crippen molar-refractivity contribution in [1.29, 1.82) is 0 Å². The minimum atomic E-state index is -2.81. The Hall–Kier alpha value is -0.710. The summed E-state index contributed by atoms with van der Waals surface area (Å²) in [7, 11) is 0. The number of hydrogen-bond acceptors (Lipinski definition) is 3. The number of carbonyl (C=O) groups excluding carboxylic acids is 1. The minimum absolute atomic E-state index is 0.163. The van der Waals surface area contributed by atoms with Crippen LogP contribution in [0.2, 0.25) is 0 Å². The van der Waals surface area contributed by atoms with Crippen molar-refractivity contribution in [3.8, 4) is 0 Å². The minimum Gasteiger partial charge on any atom is -0.459 e. The molecule has 2 fully saturated rings. The van der Waals surface area contributed by atoms with E-state index in [1.807, 2.05) is 0 Å². The molecule has 0 aromatic heterocycles. The van der Waals surface area contributed by atoms with Gasteiger partial charge < -0.3 is 10.5 Å². The molecule has 0 saturated heterocycles. The van der Waals surface area contributed by atoms with Crippen molar-refractivity contribution >= 4 is 5.97 Å². The number of fused-ring (bicyclic) bond motifs is 1. The maximum Gasteiger partial charge on any atom is 0.327 e. The normalized spacial score (nSPS) is 40.4. The number of hydrogen-bond donors (Lipinski definition) is 1. The van der Waals surface area contributed by atoms with Crippen molar-refractivity contribution in [1.82, 2.24) is 0 Å². The molecule has 3 unspecified atom stereocenters. The van der Waals surface area contributed by atoms with Gasteiger partial charge in [0, 0.05) is 6.42 Å². The summed E-state index contributed by atoms with van der Waals surface area (Å²) in [6.45, 7) is 5.10. The molecular formula is C11H17F2NO2. The fourth-order valence-corrected chi connectivity index (χ4v) is 2.68. The van der Waals surface area contributed by atoms with Crippen molar-refractivity contribution in [3.63, 3.8) is 0 Å². The Morgan fingerprint density at radius 1 is 1.44 bits per heavy atom. The molecule has 0 heterocycles. The largest absolute Gasteiger partial charge is 0.459 e. The SMILES string of the molecule is CC(C)(C)OC(=O)C1(N)C2CCC(F)(F)C21. The third-order valence-electron chi connectivity index (χ3n) is 3.42. The molecule has 0 aliphatic heterocycles. The van der Waals surface area contributed by atoms with Crippen LogP contribution >= 0.6 is 0 Å². The molecule has 16 heavy (non-hydrogen) atoms. The second-order valence-corrected chi connectivity index (χ2v) is 5.82. The molecule has 3 nitrogen and oxygen atoms in total. The van der Waals surface area contributed by atoms with E-state index in [2.05, 4.69) is 0 Å². The second-order valence-electron chi connectivity index (χ2n) is 5.82. The van der Waals surface area contributed by atoms with Gasteiger partial charge in [0.15, 0.2) is 0 Å². The molecule has 0 radical (unpaired) electrons. The Balaban J connectivity index is 2.11. The topological polar surface area (TPSA) is 52.3 Å². The van der Waals surface area contributed by atoms with Crippen LogP contribution in [0.3, 0.4) is 0 Å². The van der Waals surface area contributed by atoms with Gasteiger partial charge in [-0.15, -0.1) is 0 Å². The van der Waals surface area contributed by atoms with E-state index >= 15 is 0 Å². The van der Waals surface area contributed by atoms with Gasteiger partial charge in [-0.3, -0.25) is 4.79 Å². The molecule has 0 bridgehead atoms. The highest BCUT2D eigenvalue weighted by Crippen LogP contribution is 2.66. The summed E-state index contributed by atoms with van der Waals surface area (Å²) in [4.78, 5) is 11.8. The van der Waals surface area contributed by atoms with E-state index in [0.717, 1.165) is 0 Å². The van der Waals surface area contributed by atoms with Gasteiger partial charge in [0.1, 0.15) is 11.1 Å². The van der Waals surface area contributed by atoms with Crippen LogP contribution in [-0.4, -0.2) is 23.0 Å². The maximum atomic E-state index is 13.4. The highest BCUT2D eigenvalue weighted by Gasteiger charge is 2.80. The predicted octanol–water partition coefficient (Wildman–Crippen LogP) is 1.70. The number of rotatable bonds is 1. The van der Waals surface area contributed by atoms with Gasteiger partial charge in [-0.05, 0) is 33.1 Å². The Kier molecular flexibility index (Phi) is 2.16. The number of ether oxygens (including phenoxy) is 1. The van der Waals surface area contributed by atoms with Crippen molar-refractivity contribution in [2.24, 2.45) is 17.6 Å². The molecule has 0 amide bonds. The molecule has 2 rings (SSSR count). The highest BCUT2D eigenvalue weighted by molar-refractivity contribution is 5.86. The molecule has 5 heteroatoms. The number of esters is 1. The van der Waals surface area contributed by atoms with Gasteiger partial charge in [0.05, 0.1) is 5.92 Å². The van der Waals surface area contributed by atoms with Gasteiger partial charge in [-0.1, -0.05) is 0 Å². The molecule has 0 aromatic rings. The molecular weight excluding hydrogens is 216 g/mol. The lowest BCUT2D eigenvalue weighted by Crippen LogP contribution is -2.46. The molecule has 92 valence electrons. The highest BCUT2D eigenvalue weighted by atomic mass is 19.3. The summed E-state index contributed by atoms with van der Waals surface area (Å²) in [5, 5.41) is 0. The summed E-state index contributed by atoms with van der Waals surface area (Å²) in [6, 6.07) is 0. The van der Waals surface area contributed by atoms with E-state index in [0.29, 0.717) is 6.42 Å². The maximum absolute atomic E-state index is 13.4. The van der Waals surface area contributed by atoms with E-state index in [9.17, 15) is 13.6 Å². The summed E-state index contributed by atoms with van der Waals surface area (Å²) in [5.74, 6) is -4.92. The molecule has 2 aliphatic carbocycles. The van der Waals surface area contributed by atoms with Crippen LogP contribution in [-0.2, 0) is 9.53 Å². The van der Waals surface area contributed by atoms with Crippen LogP contribution < -0.4 is 5.73 Å². The Morgan fingerprint density at radius 2 is 2.00 bits per heavy atom. The average molecular weight is 233 g/mol. The standard InChI is InChI=1S/C11H17F2NO2/c1-9(2,3)16-8(15)11(14)6-4-5-10(12,13)7(6)11/h6-7H,4-5,14H2,1-3H3. The summed E-state index contributed by atoms with van der Waals surface area (Å²) in [6.07, 6.45) is 0.150. The fraction of sp³-hybridized carbons (Fsp3) is 0.909. The number of carbonyl (C=O) groups is 1. The Bertz CT molecular complexity index is 337. The summed E-state index contributed by atoms with van der Waals surface area (Å²) < 4.78 is 31.9. The number of halogens is 2. The van der Waals surface area contributed by atoms with Gasteiger partial charge in [-0.2, -0.15) is 0 Å². The van der Waals surface area contributed by atoms with Crippen LogP contribution in [0.25, 0.3) is 0 Å². The molecule has 0 spiro atoms. The van der Waals surface area contributed by atoms with Crippen LogP contribution in [0.15, 0.2) is 0 Å². The molecule has 2 saturated carbocycles. The van der Waals surface area contributed by atoms with Crippen LogP contribution in [0.1, 0.15) is 33.6 Å². The van der Waals surface area contributed by atoms with Gasteiger partial charge >= 0.3 is 5.97 Å².